The van der Waals surface area contributed by atoms with Crippen molar-refractivity contribution in [2.45, 2.75) is 31.7 Å². The van der Waals surface area contributed by atoms with Crippen LogP contribution in [0, 0.1) is 0 Å². The van der Waals surface area contributed by atoms with Crippen molar-refractivity contribution in [1.29, 1.82) is 0 Å². The van der Waals surface area contributed by atoms with Crippen molar-refractivity contribution in [2.24, 2.45) is 5.73 Å². The second-order valence-electron chi connectivity index (χ2n) is 4.43. The molecule has 0 radical (unpaired) electrons. The Kier molecular flexibility index (Phi) is 4.25. The molecule has 1 fully saturated rings. The molecule has 0 aromatic carbocycles. The summed E-state index contributed by atoms with van der Waals surface area (Å²) in [4.78, 5) is 14.1. The van der Waals surface area contributed by atoms with Crippen LogP contribution < -0.4 is 5.73 Å². The lowest BCUT2D eigenvalue weighted by molar-refractivity contribution is -0.136. The van der Waals surface area contributed by atoms with Crippen LogP contribution in [0.3, 0.4) is 0 Å². The minimum absolute atomic E-state index is 0.0529. The van der Waals surface area contributed by atoms with Crippen LogP contribution in [0.25, 0.3) is 0 Å². The van der Waals surface area contributed by atoms with Gasteiger partial charge in [-0.15, -0.1) is 0 Å². The number of nitrogens with zero attached hydrogens (tertiary/aromatic N) is 1. The summed E-state index contributed by atoms with van der Waals surface area (Å²) in [7, 11) is 0. The summed E-state index contributed by atoms with van der Waals surface area (Å²) in [6, 6.07) is 0.257. The van der Waals surface area contributed by atoms with E-state index in [1.807, 2.05) is 4.90 Å². The molecule has 2 aliphatic heterocycles. The van der Waals surface area contributed by atoms with E-state index in [9.17, 15) is 4.79 Å². The Balaban J connectivity index is 2.02. The van der Waals surface area contributed by atoms with Crippen molar-refractivity contribution in [2.75, 3.05) is 26.3 Å². The van der Waals surface area contributed by atoms with E-state index in [0.717, 1.165) is 25.8 Å². The number of ether oxygens (including phenoxy) is 2. The minimum Gasteiger partial charge on any atom is -0.494 e. The number of nitrogens with two attached hydrogens (primary N) is 1. The lowest BCUT2D eigenvalue weighted by Gasteiger charge is -2.36. The molecule has 2 aliphatic rings. The van der Waals surface area contributed by atoms with Gasteiger partial charge < -0.3 is 20.1 Å². The monoisotopic (exact) mass is 240 g/mol. The third kappa shape index (κ3) is 2.91. The third-order valence-corrected chi connectivity index (χ3v) is 3.25. The van der Waals surface area contributed by atoms with Gasteiger partial charge in [0.1, 0.15) is 19.5 Å². The molecule has 0 aromatic heterocycles. The zero-order valence-corrected chi connectivity index (χ0v) is 10.1. The summed E-state index contributed by atoms with van der Waals surface area (Å²) in [5.74, 6) is 0.281. The molecule has 17 heavy (non-hydrogen) atoms. The molecule has 2 rings (SSSR count). The molecule has 2 N–H and O–H groups in total. The Morgan fingerprint density at radius 3 is 3.06 bits per heavy atom. The normalized spacial score (nSPS) is 24.6. The molecule has 0 aliphatic carbocycles. The summed E-state index contributed by atoms with van der Waals surface area (Å²) in [5.41, 5.74) is 5.59. The van der Waals surface area contributed by atoms with Crippen LogP contribution >= 0.6 is 0 Å². The highest BCUT2D eigenvalue weighted by molar-refractivity contribution is 5.91. The molecule has 1 atom stereocenters. The molecule has 96 valence electrons. The molecule has 5 nitrogen and oxygen atoms in total. The van der Waals surface area contributed by atoms with Gasteiger partial charge in [0, 0.05) is 12.6 Å². The van der Waals surface area contributed by atoms with E-state index in [4.69, 9.17) is 15.2 Å². The third-order valence-electron chi connectivity index (χ3n) is 3.25. The van der Waals surface area contributed by atoms with Crippen LogP contribution in [0.1, 0.15) is 25.7 Å². The maximum atomic E-state index is 12.3. The predicted octanol–water partition coefficient (Wildman–Crippen LogP) is 0.605. The Labute approximate surface area is 102 Å². The molecule has 5 heteroatoms. The minimum atomic E-state index is -0.0529. The molecule has 0 saturated carbocycles. The first-order chi connectivity index (χ1) is 8.33. The van der Waals surface area contributed by atoms with E-state index < -0.39 is 0 Å². The molecular formula is C12H20N2O3. The smallest absolute Gasteiger partial charge is 0.292 e. The SMILES string of the molecule is NCCC1CCCCN1C(=O)C1=COCCO1. The van der Waals surface area contributed by atoms with Crippen LogP contribution in [0.4, 0.5) is 0 Å². The number of carbonyl (C=O) groups is 1. The van der Waals surface area contributed by atoms with Gasteiger partial charge in [0.15, 0.2) is 0 Å². The van der Waals surface area contributed by atoms with Crippen molar-refractivity contribution in [3.63, 3.8) is 0 Å². The van der Waals surface area contributed by atoms with Crippen molar-refractivity contribution in [3.8, 4) is 0 Å². The van der Waals surface area contributed by atoms with Gasteiger partial charge in [0.05, 0.1) is 0 Å². The van der Waals surface area contributed by atoms with Gasteiger partial charge >= 0.3 is 0 Å². The second kappa shape index (κ2) is 5.91. The van der Waals surface area contributed by atoms with Gasteiger partial charge in [-0.05, 0) is 32.2 Å². The van der Waals surface area contributed by atoms with Gasteiger partial charge in [-0.3, -0.25) is 4.79 Å². The summed E-state index contributed by atoms with van der Waals surface area (Å²) in [5, 5.41) is 0. The highest BCUT2D eigenvalue weighted by atomic mass is 16.6. The number of hydrogen-bond acceptors (Lipinski definition) is 4. The topological polar surface area (TPSA) is 64.8 Å². The first-order valence-corrected chi connectivity index (χ1v) is 6.28. The maximum Gasteiger partial charge on any atom is 0.292 e. The first-order valence-electron chi connectivity index (χ1n) is 6.28. The Bertz CT molecular complexity index is 302. The number of amides is 1. The van der Waals surface area contributed by atoms with Crippen molar-refractivity contribution >= 4 is 5.91 Å². The highest BCUT2D eigenvalue weighted by Crippen LogP contribution is 2.22. The summed E-state index contributed by atoms with van der Waals surface area (Å²) < 4.78 is 10.5. The zero-order chi connectivity index (χ0) is 12.1. The maximum absolute atomic E-state index is 12.3. The standard InChI is InChI=1S/C12H20N2O3/c13-5-4-10-3-1-2-6-14(10)12(15)11-9-16-7-8-17-11/h9-10H,1-8,13H2. The van der Waals surface area contributed by atoms with Crippen LogP contribution in [0.15, 0.2) is 12.0 Å². The van der Waals surface area contributed by atoms with Gasteiger partial charge in [0.2, 0.25) is 5.76 Å². The fraction of sp³-hybridized carbons (Fsp3) is 0.750. The van der Waals surface area contributed by atoms with Gasteiger partial charge in [-0.1, -0.05) is 0 Å². The van der Waals surface area contributed by atoms with E-state index in [-0.39, 0.29) is 11.9 Å². The average Bonchev–Trinajstić information content (AvgIpc) is 2.40. The fourth-order valence-corrected chi connectivity index (χ4v) is 2.38. The molecule has 0 aromatic rings. The molecule has 1 saturated heterocycles. The van der Waals surface area contributed by atoms with E-state index in [2.05, 4.69) is 0 Å². The van der Waals surface area contributed by atoms with Gasteiger partial charge in [-0.25, -0.2) is 0 Å². The molecular weight excluding hydrogens is 220 g/mol. The zero-order valence-electron chi connectivity index (χ0n) is 10.1. The van der Waals surface area contributed by atoms with Crippen molar-refractivity contribution in [3.05, 3.63) is 12.0 Å². The number of likely N-dealkylation sites (tertiary alicyclic amines) is 1. The van der Waals surface area contributed by atoms with Gasteiger partial charge in [-0.2, -0.15) is 0 Å². The van der Waals surface area contributed by atoms with Crippen LogP contribution in [0.2, 0.25) is 0 Å². The lowest BCUT2D eigenvalue weighted by Crippen LogP contribution is -2.45. The molecule has 2 heterocycles. The predicted molar refractivity (Wildman–Crippen MR) is 63.0 cm³/mol. The van der Waals surface area contributed by atoms with E-state index >= 15 is 0 Å². The molecule has 1 amide bonds. The van der Waals surface area contributed by atoms with E-state index in [1.54, 1.807) is 0 Å². The molecule has 0 spiro atoms. The number of carbonyl (C=O) groups excluding carboxylic acids is 1. The summed E-state index contributed by atoms with van der Waals surface area (Å²) >= 11 is 0. The molecule has 0 bridgehead atoms. The van der Waals surface area contributed by atoms with Crippen LogP contribution in [-0.2, 0) is 14.3 Å². The largest absolute Gasteiger partial charge is 0.494 e. The average molecular weight is 240 g/mol. The summed E-state index contributed by atoms with van der Waals surface area (Å²) in [6.07, 6.45) is 5.56. The Hall–Kier alpha value is -1.23. The van der Waals surface area contributed by atoms with Crippen LogP contribution in [0.5, 0.6) is 0 Å². The lowest BCUT2D eigenvalue weighted by atomic mass is 9.99. The second-order valence-corrected chi connectivity index (χ2v) is 4.43. The van der Waals surface area contributed by atoms with Crippen molar-refractivity contribution < 1.29 is 14.3 Å². The Morgan fingerprint density at radius 1 is 1.47 bits per heavy atom. The first kappa shape index (κ1) is 12.2. The number of rotatable bonds is 3. The number of piperidine rings is 1. The number of hydrogen-bond donors (Lipinski definition) is 1. The quantitative estimate of drug-likeness (QED) is 0.784. The summed E-state index contributed by atoms with van der Waals surface area (Å²) in [6.45, 7) is 2.38. The molecule has 1 unspecified atom stereocenters. The van der Waals surface area contributed by atoms with Gasteiger partial charge in [0.25, 0.3) is 5.91 Å². The van der Waals surface area contributed by atoms with Crippen molar-refractivity contribution in [1.82, 2.24) is 4.90 Å². The van der Waals surface area contributed by atoms with E-state index in [0.29, 0.717) is 25.5 Å². The fourth-order valence-electron chi connectivity index (χ4n) is 2.38. The highest BCUT2D eigenvalue weighted by Gasteiger charge is 2.29. The van der Waals surface area contributed by atoms with Crippen LogP contribution in [-0.4, -0.2) is 43.2 Å². The van der Waals surface area contributed by atoms with E-state index in [1.165, 1.54) is 12.7 Å². The Morgan fingerprint density at radius 2 is 2.35 bits per heavy atom.